The maximum Gasteiger partial charge on any atom is 0.316 e. The van der Waals surface area contributed by atoms with Crippen molar-refractivity contribution in [2.24, 2.45) is 5.92 Å². The fraction of sp³-hybridized carbons (Fsp3) is 0.588. The summed E-state index contributed by atoms with van der Waals surface area (Å²) < 4.78 is 5.39. The highest BCUT2D eigenvalue weighted by Crippen LogP contribution is 2.43. The van der Waals surface area contributed by atoms with Crippen LogP contribution in [0.2, 0.25) is 0 Å². The minimum Gasteiger partial charge on any atom is -0.465 e. The third-order valence-corrected chi connectivity index (χ3v) is 4.45. The van der Waals surface area contributed by atoms with Crippen LogP contribution in [0.3, 0.4) is 0 Å². The first-order chi connectivity index (χ1) is 9.10. The molecule has 0 N–H and O–H groups in total. The SMILES string of the molecule is CCOC(=O)C1(c2ccccc2C)CCC(C)CC1. The number of hydrogen-bond donors (Lipinski definition) is 0. The maximum absolute atomic E-state index is 12.6. The molecule has 0 aliphatic heterocycles. The van der Waals surface area contributed by atoms with Gasteiger partial charge in [0.15, 0.2) is 0 Å². The van der Waals surface area contributed by atoms with E-state index in [1.165, 1.54) is 11.1 Å². The first-order valence-corrected chi connectivity index (χ1v) is 7.33. The lowest BCUT2D eigenvalue weighted by molar-refractivity contribution is -0.152. The van der Waals surface area contributed by atoms with Gasteiger partial charge >= 0.3 is 5.97 Å². The van der Waals surface area contributed by atoms with E-state index in [0.29, 0.717) is 12.5 Å². The van der Waals surface area contributed by atoms with Gasteiger partial charge in [-0.25, -0.2) is 0 Å². The largest absolute Gasteiger partial charge is 0.465 e. The summed E-state index contributed by atoms with van der Waals surface area (Å²) in [5.74, 6) is 0.683. The van der Waals surface area contributed by atoms with E-state index >= 15 is 0 Å². The molecule has 1 saturated carbocycles. The fourth-order valence-electron chi connectivity index (χ4n) is 3.22. The molecule has 0 bridgehead atoms. The Morgan fingerprint density at radius 2 is 1.95 bits per heavy atom. The van der Waals surface area contributed by atoms with E-state index in [9.17, 15) is 4.79 Å². The van der Waals surface area contributed by atoms with E-state index < -0.39 is 5.41 Å². The van der Waals surface area contributed by atoms with E-state index in [4.69, 9.17) is 4.74 Å². The van der Waals surface area contributed by atoms with E-state index in [2.05, 4.69) is 26.0 Å². The molecule has 2 rings (SSSR count). The molecule has 0 radical (unpaired) electrons. The molecule has 1 fully saturated rings. The lowest BCUT2D eigenvalue weighted by atomic mass is 9.66. The molecular formula is C17H24O2. The molecule has 0 aromatic heterocycles. The van der Waals surface area contributed by atoms with Gasteiger partial charge in [0.05, 0.1) is 12.0 Å². The fourth-order valence-corrected chi connectivity index (χ4v) is 3.22. The molecule has 104 valence electrons. The van der Waals surface area contributed by atoms with E-state index in [-0.39, 0.29) is 5.97 Å². The molecule has 2 nitrogen and oxygen atoms in total. The Kier molecular flexibility index (Phi) is 4.28. The van der Waals surface area contributed by atoms with Crippen LogP contribution in [0.1, 0.15) is 50.7 Å². The molecule has 19 heavy (non-hydrogen) atoms. The molecular weight excluding hydrogens is 236 g/mol. The number of benzene rings is 1. The number of ether oxygens (including phenoxy) is 1. The minimum atomic E-state index is -0.409. The molecule has 0 heterocycles. The van der Waals surface area contributed by atoms with Gasteiger partial charge in [0, 0.05) is 0 Å². The smallest absolute Gasteiger partial charge is 0.316 e. The van der Waals surface area contributed by atoms with Crippen molar-refractivity contribution in [2.75, 3.05) is 6.61 Å². The molecule has 1 aliphatic carbocycles. The van der Waals surface area contributed by atoms with E-state index in [1.807, 2.05) is 19.1 Å². The Bertz CT molecular complexity index is 442. The van der Waals surface area contributed by atoms with E-state index in [1.54, 1.807) is 0 Å². The Hall–Kier alpha value is -1.31. The highest BCUT2D eigenvalue weighted by Gasteiger charge is 2.44. The summed E-state index contributed by atoms with van der Waals surface area (Å²) in [6, 6.07) is 8.25. The molecule has 0 atom stereocenters. The molecule has 0 unspecified atom stereocenters. The molecule has 1 aromatic rings. The zero-order valence-electron chi connectivity index (χ0n) is 12.2. The number of esters is 1. The van der Waals surface area contributed by atoms with Crippen molar-refractivity contribution >= 4 is 5.97 Å². The second kappa shape index (κ2) is 5.77. The number of aryl methyl sites for hydroxylation is 1. The van der Waals surface area contributed by atoms with Gasteiger partial charge in [-0.1, -0.05) is 31.2 Å². The topological polar surface area (TPSA) is 26.3 Å². The highest BCUT2D eigenvalue weighted by atomic mass is 16.5. The molecule has 2 heteroatoms. The summed E-state index contributed by atoms with van der Waals surface area (Å²) in [5, 5.41) is 0. The Morgan fingerprint density at radius 3 is 2.53 bits per heavy atom. The lowest BCUT2D eigenvalue weighted by Crippen LogP contribution is -2.41. The summed E-state index contributed by atoms with van der Waals surface area (Å²) in [6.07, 6.45) is 4.04. The van der Waals surface area contributed by atoms with Crippen LogP contribution in [0.15, 0.2) is 24.3 Å². The third kappa shape index (κ3) is 2.68. The number of carbonyl (C=O) groups excluding carboxylic acids is 1. The second-order valence-corrected chi connectivity index (χ2v) is 5.80. The van der Waals surface area contributed by atoms with Crippen LogP contribution in [0, 0.1) is 12.8 Å². The van der Waals surface area contributed by atoms with Gasteiger partial charge in [0.2, 0.25) is 0 Å². The van der Waals surface area contributed by atoms with E-state index in [0.717, 1.165) is 25.7 Å². The number of hydrogen-bond acceptors (Lipinski definition) is 2. The average Bonchev–Trinajstić information content (AvgIpc) is 2.41. The van der Waals surface area contributed by atoms with Crippen LogP contribution in [-0.2, 0) is 14.9 Å². The monoisotopic (exact) mass is 260 g/mol. The van der Waals surface area contributed by atoms with Crippen LogP contribution >= 0.6 is 0 Å². The van der Waals surface area contributed by atoms with Crippen molar-refractivity contribution in [3.8, 4) is 0 Å². The van der Waals surface area contributed by atoms with Crippen molar-refractivity contribution < 1.29 is 9.53 Å². The van der Waals surface area contributed by atoms with Gasteiger partial charge in [-0.15, -0.1) is 0 Å². The molecule has 1 aromatic carbocycles. The van der Waals surface area contributed by atoms with Gasteiger partial charge in [0.1, 0.15) is 0 Å². The standard InChI is InChI=1S/C17H24O2/c1-4-19-16(18)17(11-9-13(2)10-12-17)15-8-6-5-7-14(15)3/h5-8,13H,4,9-12H2,1-3H3. The van der Waals surface area contributed by atoms with Crippen LogP contribution < -0.4 is 0 Å². The van der Waals surface area contributed by atoms with Crippen LogP contribution in [0.25, 0.3) is 0 Å². The first kappa shape index (κ1) is 14.1. The third-order valence-electron chi connectivity index (χ3n) is 4.45. The Labute approximate surface area is 116 Å². The molecule has 0 amide bonds. The second-order valence-electron chi connectivity index (χ2n) is 5.80. The maximum atomic E-state index is 12.6. The van der Waals surface area contributed by atoms with Crippen molar-refractivity contribution in [3.05, 3.63) is 35.4 Å². The predicted molar refractivity (Wildman–Crippen MR) is 77.1 cm³/mol. The Morgan fingerprint density at radius 1 is 1.32 bits per heavy atom. The van der Waals surface area contributed by atoms with Gasteiger partial charge in [0.25, 0.3) is 0 Å². The van der Waals surface area contributed by atoms with Crippen molar-refractivity contribution in [1.29, 1.82) is 0 Å². The van der Waals surface area contributed by atoms with Crippen LogP contribution in [0.4, 0.5) is 0 Å². The minimum absolute atomic E-state index is 0.0313. The quantitative estimate of drug-likeness (QED) is 0.768. The van der Waals surface area contributed by atoms with Crippen LogP contribution in [0.5, 0.6) is 0 Å². The first-order valence-electron chi connectivity index (χ1n) is 7.33. The summed E-state index contributed by atoms with van der Waals surface area (Å²) in [5.41, 5.74) is 1.96. The Balaban J connectivity index is 2.40. The number of rotatable bonds is 3. The van der Waals surface area contributed by atoms with Gasteiger partial charge in [-0.3, -0.25) is 4.79 Å². The van der Waals surface area contributed by atoms with Gasteiger partial charge in [-0.2, -0.15) is 0 Å². The molecule has 0 saturated heterocycles. The highest BCUT2D eigenvalue weighted by molar-refractivity contribution is 5.84. The van der Waals surface area contributed by atoms with Gasteiger partial charge in [-0.05, 0) is 56.6 Å². The summed E-state index contributed by atoms with van der Waals surface area (Å²) in [7, 11) is 0. The number of carbonyl (C=O) groups is 1. The normalized spacial score (nSPS) is 27.0. The zero-order chi connectivity index (χ0) is 13.9. The predicted octanol–water partition coefficient (Wildman–Crippen LogP) is 4.01. The lowest BCUT2D eigenvalue weighted by Gasteiger charge is -2.38. The molecule has 0 spiro atoms. The summed E-state index contributed by atoms with van der Waals surface area (Å²) in [4.78, 5) is 12.6. The zero-order valence-corrected chi connectivity index (χ0v) is 12.2. The van der Waals surface area contributed by atoms with Crippen molar-refractivity contribution in [2.45, 2.75) is 51.9 Å². The molecule has 1 aliphatic rings. The van der Waals surface area contributed by atoms with Gasteiger partial charge < -0.3 is 4.74 Å². The van der Waals surface area contributed by atoms with Crippen molar-refractivity contribution in [3.63, 3.8) is 0 Å². The summed E-state index contributed by atoms with van der Waals surface area (Å²) >= 11 is 0. The van der Waals surface area contributed by atoms with Crippen LogP contribution in [-0.4, -0.2) is 12.6 Å². The summed E-state index contributed by atoms with van der Waals surface area (Å²) in [6.45, 7) is 6.71. The van der Waals surface area contributed by atoms with Crippen molar-refractivity contribution in [1.82, 2.24) is 0 Å². The average molecular weight is 260 g/mol.